The predicted molar refractivity (Wildman–Crippen MR) is 204 cm³/mol. The van der Waals surface area contributed by atoms with E-state index < -0.39 is 12.2 Å². The molecule has 2 aliphatic heterocycles. The Bertz CT molecular complexity index is 1760. The highest BCUT2D eigenvalue weighted by Gasteiger charge is 2.45. The Labute approximate surface area is 307 Å². The number of phenols is 1. The first-order valence-corrected chi connectivity index (χ1v) is 19.0. The van der Waals surface area contributed by atoms with E-state index in [1.165, 1.54) is 22.3 Å². The molecule has 0 amide bonds. The Balaban J connectivity index is 1.06. The van der Waals surface area contributed by atoms with Gasteiger partial charge in [0.1, 0.15) is 24.2 Å². The molecule has 3 aromatic rings. The van der Waals surface area contributed by atoms with Crippen LogP contribution in [0.1, 0.15) is 93.1 Å². The van der Waals surface area contributed by atoms with Crippen molar-refractivity contribution in [3.8, 4) is 11.5 Å². The van der Waals surface area contributed by atoms with Crippen molar-refractivity contribution in [2.75, 3.05) is 19.8 Å². The van der Waals surface area contributed by atoms with Crippen LogP contribution in [0.15, 0.2) is 101 Å². The molecule has 0 bridgehead atoms. The second kappa shape index (κ2) is 17.6. The van der Waals surface area contributed by atoms with Crippen molar-refractivity contribution in [2.45, 2.75) is 101 Å². The minimum atomic E-state index is -0.838. The topological polar surface area (TPSA) is 142 Å². The number of aryl methyl sites for hydroxylation is 1. The van der Waals surface area contributed by atoms with Crippen LogP contribution in [0.4, 0.5) is 0 Å². The molecule has 6 rings (SSSR count). The molecule has 1 aliphatic carbocycles. The molecule has 3 aromatic carbocycles. The number of rotatable bonds is 19. The van der Waals surface area contributed by atoms with E-state index in [0.29, 0.717) is 31.9 Å². The highest BCUT2D eigenvalue weighted by atomic mass is 16.5. The SMILES string of the molecule is CCCC(O)CC(O)CC(=O)CCc1ccc(O)c(OC[NH+]2C=C3C(C4(c5cccc(C(N)NCCc6ccccc6)c5)CCCC4)=CN=C3C2)c1. The van der Waals surface area contributed by atoms with E-state index in [9.17, 15) is 20.1 Å². The van der Waals surface area contributed by atoms with Crippen LogP contribution in [0.25, 0.3) is 0 Å². The zero-order valence-electron chi connectivity index (χ0n) is 30.4. The monoisotopic (exact) mass is 707 g/mol. The van der Waals surface area contributed by atoms with Crippen LogP contribution in [0.2, 0.25) is 0 Å². The minimum Gasteiger partial charge on any atom is -0.504 e. The Hall–Kier alpha value is -4.12. The molecular formula is C43H55N4O5+. The van der Waals surface area contributed by atoms with Gasteiger partial charge in [-0.3, -0.25) is 20.0 Å². The molecule has 9 nitrogen and oxygen atoms in total. The van der Waals surface area contributed by atoms with E-state index in [0.717, 1.165) is 66.8 Å². The van der Waals surface area contributed by atoms with Crippen LogP contribution in [-0.2, 0) is 23.1 Å². The van der Waals surface area contributed by atoms with E-state index in [1.54, 1.807) is 18.2 Å². The van der Waals surface area contributed by atoms with Gasteiger partial charge >= 0.3 is 0 Å². The summed E-state index contributed by atoms with van der Waals surface area (Å²) in [5, 5.41) is 34.2. The van der Waals surface area contributed by atoms with Gasteiger partial charge in [-0.05, 0) is 78.5 Å². The van der Waals surface area contributed by atoms with E-state index in [2.05, 4.69) is 66.2 Å². The molecule has 0 saturated heterocycles. The summed E-state index contributed by atoms with van der Waals surface area (Å²) in [6, 6.07) is 24.4. The van der Waals surface area contributed by atoms with Gasteiger partial charge in [0.25, 0.3) is 0 Å². The molecule has 7 N–H and O–H groups in total. The van der Waals surface area contributed by atoms with Crippen molar-refractivity contribution in [3.05, 3.63) is 119 Å². The molecule has 0 radical (unpaired) electrons. The lowest BCUT2D eigenvalue weighted by Gasteiger charge is -2.32. The Morgan fingerprint density at radius 1 is 1.00 bits per heavy atom. The first-order valence-electron chi connectivity index (χ1n) is 19.0. The van der Waals surface area contributed by atoms with Crippen LogP contribution < -0.4 is 20.7 Å². The number of aliphatic imine (C=N–C) groups is 1. The summed E-state index contributed by atoms with van der Waals surface area (Å²) in [5.74, 6) is 0.379. The normalized spacial score (nSPS) is 19.4. The molecule has 9 heteroatoms. The second-order valence-corrected chi connectivity index (χ2v) is 14.8. The maximum absolute atomic E-state index is 12.5. The molecule has 0 aromatic heterocycles. The van der Waals surface area contributed by atoms with Crippen LogP contribution >= 0.6 is 0 Å². The van der Waals surface area contributed by atoms with Gasteiger partial charge < -0.3 is 25.8 Å². The third-order valence-electron chi connectivity index (χ3n) is 10.8. The number of hydrogen-bond acceptors (Lipinski definition) is 8. The molecule has 3 aliphatic rings. The molecule has 4 atom stereocenters. The van der Waals surface area contributed by atoms with Gasteiger partial charge in [0.2, 0.25) is 6.73 Å². The number of nitrogens with zero attached hydrogens (tertiary/aromatic N) is 1. The number of allylic oxidation sites excluding steroid dienone is 1. The fraction of sp³-hybridized carbons (Fsp3) is 0.442. The number of hydrogen-bond donors (Lipinski definition) is 6. The van der Waals surface area contributed by atoms with Gasteiger partial charge in [0, 0.05) is 31.0 Å². The maximum Gasteiger partial charge on any atom is 0.227 e. The number of carbonyl (C=O) groups excluding carboxylic acids is 1. The van der Waals surface area contributed by atoms with E-state index in [-0.39, 0.29) is 42.4 Å². The minimum absolute atomic E-state index is 0.0299. The quantitative estimate of drug-likeness (QED) is 0.0969. The molecular weight excluding hydrogens is 652 g/mol. The number of carbonyl (C=O) groups is 1. The number of aliphatic hydroxyl groups is 2. The number of quaternary nitrogens is 1. The highest BCUT2D eigenvalue weighted by molar-refractivity contribution is 6.08. The van der Waals surface area contributed by atoms with E-state index >= 15 is 0 Å². The van der Waals surface area contributed by atoms with Gasteiger partial charge in [-0.15, -0.1) is 0 Å². The predicted octanol–water partition coefficient (Wildman–Crippen LogP) is 4.95. The number of fused-ring (bicyclic) bond motifs is 1. The van der Waals surface area contributed by atoms with Crippen molar-refractivity contribution >= 4 is 11.5 Å². The number of Topliss-reactive ketones (excluding diaryl/α,β-unsaturated/α-hetero) is 1. The van der Waals surface area contributed by atoms with Gasteiger partial charge in [-0.25, -0.2) is 0 Å². The zero-order valence-corrected chi connectivity index (χ0v) is 30.4. The fourth-order valence-electron chi connectivity index (χ4n) is 8.04. The first kappa shape index (κ1) is 37.6. The lowest BCUT2D eigenvalue weighted by molar-refractivity contribution is -0.851. The fourth-order valence-corrected chi connectivity index (χ4v) is 8.04. The smallest absolute Gasteiger partial charge is 0.227 e. The van der Waals surface area contributed by atoms with Crippen LogP contribution in [0.3, 0.4) is 0 Å². The number of ketones is 1. The Morgan fingerprint density at radius 2 is 1.81 bits per heavy atom. The second-order valence-electron chi connectivity index (χ2n) is 14.8. The number of ether oxygens (including phenoxy) is 1. The number of benzene rings is 3. The number of aliphatic hydroxyl groups excluding tert-OH is 2. The molecule has 1 saturated carbocycles. The summed E-state index contributed by atoms with van der Waals surface area (Å²) in [6.45, 7) is 3.80. The molecule has 1 fully saturated rings. The lowest BCUT2D eigenvalue weighted by Crippen LogP contribution is -3.07. The number of phenolic OH excluding ortho intramolecular Hbond substituents is 1. The highest BCUT2D eigenvalue weighted by Crippen LogP contribution is 2.50. The average molecular weight is 708 g/mol. The van der Waals surface area contributed by atoms with Crippen LogP contribution in [-0.4, -0.2) is 58.8 Å². The summed E-state index contributed by atoms with van der Waals surface area (Å²) in [5.41, 5.74) is 14.6. The van der Waals surface area contributed by atoms with Crippen molar-refractivity contribution in [3.63, 3.8) is 0 Å². The van der Waals surface area contributed by atoms with Crippen molar-refractivity contribution in [1.29, 1.82) is 0 Å². The van der Waals surface area contributed by atoms with E-state index in [4.69, 9.17) is 15.5 Å². The molecule has 52 heavy (non-hydrogen) atoms. The van der Waals surface area contributed by atoms with Gasteiger partial charge in [0.15, 0.2) is 11.5 Å². The Morgan fingerprint density at radius 3 is 2.60 bits per heavy atom. The summed E-state index contributed by atoms with van der Waals surface area (Å²) in [4.78, 5) is 18.5. The average Bonchev–Trinajstić information content (AvgIpc) is 3.89. The summed E-state index contributed by atoms with van der Waals surface area (Å²) >= 11 is 0. The standard InChI is InChI=1S/C43H54N4O5/c1-2-9-34(48)24-36(50)25-35(49)16-14-31-15-17-40(51)41(22-31)52-29-47-27-37-38(26-46-39(37)28-47)43(19-6-7-20-43)33-13-8-12-32(23-33)42(44)45-21-18-30-10-4-3-5-11-30/h3-5,8,10-13,15,17,22-23,26-27,34,36,42,45,48,50-51H,2,6-7,9,14,16,18-21,24-25,28-29,44H2,1H3/p+1. The number of nitrogens with two attached hydrogens (primary N) is 1. The summed E-state index contributed by atoms with van der Waals surface area (Å²) in [7, 11) is 0. The Kier molecular flexibility index (Phi) is 12.7. The van der Waals surface area contributed by atoms with Crippen LogP contribution in [0, 0.1) is 0 Å². The lowest BCUT2D eigenvalue weighted by atomic mass is 9.70. The van der Waals surface area contributed by atoms with Gasteiger partial charge in [-0.2, -0.15) is 0 Å². The molecule has 4 unspecified atom stereocenters. The number of aromatic hydroxyl groups is 1. The maximum atomic E-state index is 12.5. The molecule has 0 spiro atoms. The van der Waals surface area contributed by atoms with Gasteiger partial charge in [-0.1, -0.05) is 86.8 Å². The first-order chi connectivity index (χ1) is 25.2. The van der Waals surface area contributed by atoms with Crippen molar-refractivity contribution in [1.82, 2.24) is 5.32 Å². The number of nitrogens with one attached hydrogen (secondary N) is 2. The third-order valence-corrected chi connectivity index (χ3v) is 10.8. The molecule has 276 valence electrons. The van der Waals surface area contributed by atoms with Crippen LogP contribution in [0.5, 0.6) is 11.5 Å². The zero-order chi connectivity index (χ0) is 36.5. The third kappa shape index (κ3) is 9.26. The van der Waals surface area contributed by atoms with E-state index in [1.807, 2.05) is 13.0 Å². The molecule has 2 heterocycles. The van der Waals surface area contributed by atoms with Crippen molar-refractivity contribution < 1.29 is 29.8 Å². The summed E-state index contributed by atoms with van der Waals surface area (Å²) in [6.07, 6.45) is 10.4. The van der Waals surface area contributed by atoms with Gasteiger partial charge in [0.05, 0.1) is 23.9 Å². The summed E-state index contributed by atoms with van der Waals surface area (Å²) < 4.78 is 6.16. The van der Waals surface area contributed by atoms with Crippen molar-refractivity contribution in [2.24, 2.45) is 10.7 Å². The largest absolute Gasteiger partial charge is 0.504 e.